The monoisotopic (exact) mass is 153 g/mol. The summed E-state index contributed by atoms with van der Waals surface area (Å²) in [4.78, 5) is 11.0. The number of hydrogen-bond donors (Lipinski definition) is 2. The van der Waals surface area contributed by atoms with Gasteiger partial charge in [-0.2, -0.15) is 0 Å². The van der Waals surface area contributed by atoms with Crippen LogP contribution in [0.1, 0.15) is 19.3 Å². The Morgan fingerprint density at radius 1 is 1.55 bits per heavy atom. The zero-order valence-corrected chi connectivity index (χ0v) is 6.21. The van der Waals surface area contributed by atoms with Crippen LogP contribution in [0.25, 0.3) is 0 Å². The number of nitrogens with two attached hydrogens (primary N) is 1. The normalized spacial score (nSPS) is 19.8. The Bertz CT molecular complexity index is 228. The molecule has 0 radical (unpaired) electrons. The van der Waals surface area contributed by atoms with E-state index in [0.29, 0.717) is 6.42 Å². The highest BCUT2D eigenvalue weighted by molar-refractivity contribution is 5.94. The summed E-state index contributed by atoms with van der Waals surface area (Å²) in [7, 11) is 0. The largest absolute Gasteiger partial charge is 0.508 e. The predicted molar refractivity (Wildman–Crippen MR) is 41.8 cm³/mol. The fraction of sp³-hybridized carbons (Fsp3) is 0.375. The first kappa shape index (κ1) is 7.85. The van der Waals surface area contributed by atoms with Gasteiger partial charge in [0.2, 0.25) is 0 Å². The molecule has 0 aliphatic heterocycles. The fourth-order valence-electron chi connectivity index (χ4n) is 0.956. The maximum Gasteiger partial charge on any atom is 0.178 e. The summed E-state index contributed by atoms with van der Waals surface area (Å²) in [5.74, 6) is 0.0141. The molecular weight excluding hydrogens is 142 g/mol. The molecule has 0 aromatic rings. The summed E-state index contributed by atoms with van der Waals surface area (Å²) in [5.41, 5.74) is 5.50. The topological polar surface area (TPSA) is 63.3 Å². The van der Waals surface area contributed by atoms with E-state index in [1.807, 2.05) is 0 Å². The van der Waals surface area contributed by atoms with Gasteiger partial charge >= 0.3 is 0 Å². The number of ketones is 1. The minimum absolute atomic E-state index is 0.0790. The maximum atomic E-state index is 11.0. The molecule has 3 heteroatoms. The van der Waals surface area contributed by atoms with Crippen molar-refractivity contribution in [1.82, 2.24) is 0 Å². The Labute approximate surface area is 65.2 Å². The lowest BCUT2D eigenvalue weighted by Gasteiger charge is -2.03. The second-order valence-corrected chi connectivity index (χ2v) is 2.54. The molecule has 0 saturated carbocycles. The quantitative estimate of drug-likeness (QED) is 0.546. The summed E-state index contributed by atoms with van der Waals surface area (Å²) in [5, 5.41) is 9.05. The van der Waals surface area contributed by atoms with Crippen LogP contribution in [0.15, 0.2) is 23.6 Å². The van der Waals surface area contributed by atoms with Crippen molar-refractivity contribution >= 4 is 5.78 Å². The second kappa shape index (κ2) is 3.23. The van der Waals surface area contributed by atoms with E-state index >= 15 is 0 Å². The molecule has 0 bridgehead atoms. The van der Waals surface area contributed by atoms with Gasteiger partial charge in [-0.1, -0.05) is 0 Å². The van der Waals surface area contributed by atoms with Crippen molar-refractivity contribution in [2.75, 3.05) is 0 Å². The van der Waals surface area contributed by atoms with E-state index in [9.17, 15) is 4.79 Å². The first-order valence-electron chi connectivity index (χ1n) is 3.59. The van der Waals surface area contributed by atoms with Crippen molar-refractivity contribution in [1.29, 1.82) is 0 Å². The van der Waals surface area contributed by atoms with E-state index in [1.165, 1.54) is 6.08 Å². The molecule has 1 aliphatic carbocycles. The third-order valence-electron chi connectivity index (χ3n) is 1.59. The van der Waals surface area contributed by atoms with Gasteiger partial charge in [0, 0.05) is 12.5 Å². The second-order valence-electron chi connectivity index (χ2n) is 2.54. The van der Waals surface area contributed by atoms with E-state index < -0.39 is 0 Å². The van der Waals surface area contributed by atoms with Crippen molar-refractivity contribution in [3.8, 4) is 0 Å². The molecule has 0 atom stereocenters. The molecule has 60 valence electrons. The molecule has 0 heterocycles. The highest BCUT2D eigenvalue weighted by atomic mass is 16.3. The highest BCUT2D eigenvalue weighted by Gasteiger charge is 2.07. The molecule has 0 saturated heterocycles. The summed E-state index contributed by atoms with van der Waals surface area (Å²) < 4.78 is 0. The minimum atomic E-state index is -0.0790. The van der Waals surface area contributed by atoms with Crippen molar-refractivity contribution in [3.63, 3.8) is 0 Å². The summed E-state index contributed by atoms with van der Waals surface area (Å²) in [6.45, 7) is 0. The molecule has 0 spiro atoms. The molecule has 1 aliphatic rings. The summed E-state index contributed by atoms with van der Waals surface area (Å²) in [6.07, 6.45) is 4.95. The van der Waals surface area contributed by atoms with Crippen molar-refractivity contribution in [2.24, 2.45) is 5.73 Å². The Morgan fingerprint density at radius 3 is 3.00 bits per heavy atom. The van der Waals surface area contributed by atoms with Crippen LogP contribution >= 0.6 is 0 Å². The van der Waals surface area contributed by atoms with Gasteiger partial charge in [0.1, 0.15) is 5.76 Å². The summed E-state index contributed by atoms with van der Waals surface area (Å²) in [6, 6.07) is 0. The van der Waals surface area contributed by atoms with Crippen LogP contribution in [-0.4, -0.2) is 10.9 Å². The van der Waals surface area contributed by atoms with Gasteiger partial charge in [-0.3, -0.25) is 4.79 Å². The molecule has 0 fully saturated rings. The van der Waals surface area contributed by atoms with Crippen LogP contribution in [0.3, 0.4) is 0 Å². The third-order valence-corrected chi connectivity index (χ3v) is 1.59. The van der Waals surface area contributed by atoms with Crippen LogP contribution in [0.5, 0.6) is 0 Å². The number of rotatable bonds is 0. The van der Waals surface area contributed by atoms with Gasteiger partial charge in [-0.05, 0) is 18.9 Å². The molecule has 0 amide bonds. The zero-order valence-electron chi connectivity index (χ0n) is 6.21. The Kier molecular flexibility index (Phi) is 2.31. The minimum Gasteiger partial charge on any atom is -0.508 e. The number of carbonyl (C=O) groups is 1. The maximum absolute atomic E-state index is 11.0. The first-order chi connectivity index (χ1) is 5.20. The first-order valence-corrected chi connectivity index (χ1v) is 3.59. The van der Waals surface area contributed by atoms with Gasteiger partial charge < -0.3 is 10.8 Å². The van der Waals surface area contributed by atoms with E-state index in [-0.39, 0.29) is 17.2 Å². The van der Waals surface area contributed by atoms with E-state index in [0.717, 1.165) is 12.8 Å². The SMILES string of the molecule is NC1=CC(O)=CCCCC1=O. The highest BCUT2D eigenvalue weighted by Crippen LogP contribution is 2.09. The lowest BCUT2D eigenvalue weighted by molar-refractivity contribution is -0.115. The van der Waals surface area contributed by atoms with Gasteiger partial charge in [0.15, 0.2) is 5.78 Å². The van der Waals surface area contributed by atoms with E-state index in [4.69, 9.17) is 10.8 Å². The lowest BCUT2D eigenvalue weighted by atomic mass is 10.1. The Hall–Kier alpha value is -1.25. The molecule has 0 aromatic carbocycles. The third kappa shape index (κ3) is 2.11. The fourth-order valence-corrected chi connectivity index (χ4v) is 0.956. The molecule has 11 heavy (non-hydrogen) atoms. The number of allylic oxidation sites excluding steroid dienone is 3. The van der Waals surface area contributed by atoms with Crippen molar-refractivity contribution < 1.29 is 9.90 Å². The number of carbonyl (C=O) groups excluding carboxylic acids is 1. The van der Waals surface area contributed by atoms with Gasteiger partial charge in [0.05, 0.1) is 5.70 Å². The van der Waals surface area contributed by atoms with Crippen molar-refractivity contribution in [3.05, 3.63) is 23.6 Å². The molecule has 0 unspecified atom stereocenters. The van der Waals surface area contributed by atoms with Crippen LogP contribution in [0, 0.1) is 0 Å². The average Bonchev–Trinajstić information content (AvgIpc) is 1.95. The van der Waals surface area contributed by atoms with Crippen molar-refractivity contribution in [2.45, 2.75) is 19.3 Å². The molecule has 1 rings (SSSR count). The number of Topliss-reactive ketones (excluding diaryl/α,β-unsaturated/α-hetero) is 1. The average molecular weight is 153 g/mol. The number of aliphatic hydroxyl groups is 1. The predicted octanol–water partition coefficient (Wildman–Crippen LogP) is 1.02. The van der Waals surface area contributed by atoms with Gasteiger partial charge in [-0.15, -0.1) is 0 Å². The lowest BCUT2D eigenvalue weighted by Crippen LogP contribution is -2.12. The van der Waals surface area contributed by atoms with Crippen LogP contribution in [0.2, 0.25) is 0 Å². The molecule has 0 aromatic heterocycles. The zero-order chi connectivity index (χ0) is 8.27. The van der Waals surface area contributed by atoms with Gasteiger partial charge in [0.25, 0.3) is 0 Å². The number of aliphatic hydroxyl groups excluding tert-OH is 1. The van der Waals surface area contributed by atoms with E-state index in [1.54, 1.807) is 6.08 Å². The van der Waals surface area contributed by atoms with E-state index in [2.05, 4.69) is 0 Å². The summed E-state index contributed by atoms with van der Waals surface area (Å²) >= 11 is 0. The molecule has 3 N–H and O–H groups in total. The van der Waals surface area contributed by atoms with Gasteiger partial charge in [-0.25, -0.2) is 0 Å². The molecular formula is C8H11NO2. The Morgan fingerprint density at radius 2 is 2.27 bits per heavy atom. The molecule has 3 nitrogen and oxygen atoms in total. The Balaban J connectivity index is 2.83. The van der Waals surface area contributed by atoms with Crippen LogP contribution in [0.4, 0.5) is 0 Å². The van der Waals surface area contributed by atoms with Crippen LogP contribution < -0.4 is 5.73 Å². The standard InChI is InChI=1S/C8H11NO2/c9-7-5-6(10)3-1-2-4-8(7)11/h3,5,10H,1-2,4,9H2. The smallest absolute Gasteiger partial charge is 0.178 e. The number of hydrogen-bond acceptors (Lipinski definition) is 3. The van der Waals surface area contributed by atoms with Crippen LogP contribution in [-0.2, 0) is 4.79 Å².